The zero-order chi connectivity index (χ0) is 21.8. The Morgan fingerprint density at radius 2 is 1.81 bits per heavy atom. The molecule has 6 nitrogen and oxygen atoms in total. The molecule has 1 aliphatic rings. The summed E-state index contributed by atoms with van der Waals surface area (Å²) < 4.78 is 6.52. The number of rotatable bonds is 6. The van der Waals surface area contributed by atoms with Crippen molar-refractivity contribution in [2.24, 2.45) is 5.73 Å². The molecule has 1 unspecified atom stereocenters. The van der Waals surface area contributed by atoms with Crippen molar-refractivity contribution in [1.82, 2.24) is 9.97 Å². The number of pyridine rings is 2. The molecular formula is C23H22Cl2N4O2. The van der Waals surface area contributed by atoms with Gasteiger partial charge in [-0.15, -0.1) is 0 Å². The average molecular weight is 457 g/mol. The van der Waals surface area contributed by atoms with E-state index in [-0.39, 0.29) is 12.2 Å². The monoisotopic (exact) mass is 456 g/mol. The van der Waals surface area contributed by atoms with Gasteiger partial charge in [-0.2, -0.15) is 0 Å². The van der Waals surface area contributed by atoms with Crippen molar-refractivity contribution in [2.75, 3.05) is 18.0 Å². The summed E-state index contributed by atoms with van der Waals surface area (Å²) in [6, 6.07) is 15.0. The standard InChI is InChI=1S/C23H22Cl2N4O2/c24-16-6-4-15(5-7-16)21(20-3-1-2-10-27-20)31-18-8-11-29(12-9-18)23-19(22(26)30)13-17(25)14-28-23/h1-7,10,13-14,18,21H,8-9,11-12H2,(H2,26,30). The van der Waals surface area contributed by atoms with Crippen LogP contribution in [0, 0.1) is 0 Å². The quantitative estimate of drug-likeness (QED) is 0.583. The van der Waals surface area contributed by atoms with Crippen molar-refractivity contribution in [2.45, 2.75) is 25.0 Å². The Labute approximate surface area is 191 Å². The molecule has 0 aliphatic carbocycles. The summed E-state index contributed by atoms with van der Waals surface area (Å²) in [5, 5.41) is 1.06. The highest BCUT2D eigenvalue weighted by atomic mass is 35.5. The maximum atomic E-state index is 11.8. The van der Waals surface area contributed by atoms with E-state index < -0.39 is 5.91 Å². The van der Waals surface area contributed by atoms with Crippen LogP contribution in [0.5, 0.6) is 0 Å². The number of primary amides is 1. The molecule has 1 saturated heterocycles. The molecule has 0 bridgehead atoms. The number of hydrogen-bond donors (Lipinski definition) is 1. The minimum absolute atomic E-state index is 0.0308. The summed E-state index contributed by atoms with van der Waals surface area (Å²) in [4.78, 5) is 22.7. The number of nitrogens with two attached hydrogens (primary N) is 1. The first kappa shape index (κ1) is 21.6. The normalized spacial score (nSPS) is 15.6. The second-order valence-electron chi connectivity index (χ2n) is 7.40. The summed E-state index contributed by atoms with van der Waals surface area (Å²) in [6.45, 7) is 1.38. The topological polar surface area (TPSA) is 81.3 Å². The minimum atomic E-state index is -0.540. The number of anilines is 1. The average Bonchev–Trinajstić information content (AvgIpc) is 2.79. The van der Waals surface area contributed by atoms with Gasteiger partial charge >= 0.3 is 0 Å². The second-order valence-corrected chi connectivity index (χ2v) is 8.27. The molecule has 31 heavy (non-hydrogen) atoms. The van der Waals surface area contributed by atoms with Gasteiger partial charge in [0.1, 0.15) is 11.9 Å². The van der Waals surface area contributed by atoms with Crippen LogP contribution in [-0.2, 0) is 4.74 Å². The zero-order valence-corrected chi connectivity index (χ0v) is 18.3. The Bertz CT molecular complexity index is 1040. The maximum Gasteiger partial charge on any atom is 0.252 e. The van der Waals surface area contributed by atoms with Gasteiger partial charge < -0.3 is 15.4 Å². The van der Waals surface area contributed by atoms with E-state index in [0.29, 0.717) is 34.5 Å². The van der Waals surface area contributed by atoms with Gasteiger partial charge in [0.2, 0.25) is 0 Å². The third-order valence-corrected chi connectivity index (χ3v) is 5.76. The van der Waals surface area contributed by atoms with Crippen LogP contribution in [0.15, 0.2) is 60.9 Å². The van der Waals surface area contributed by atoms with Crippen LogP contribution in [-0.4, -0.2) is 35.1 Å². The number of halogens is 2. The molecule has 1 fully saturated rings. The molecule has 1 atom stereocenters. The molecule has 8 heteroatoms. The Morgan fingerprint density at radius 3 is 2.45 bits per heavy atom. The fraction of sp³-hybridized carbons (Fsp3) is 0.261. The molecule has 1 amide bonds. The van der Waals surface area contributed by atoms with Gasteiger partial charge in [-0.1, -0.05) is 41.4 Å². The largest absolute Gasteiger partial charge is 0.365 e. The van der Waals surface area contributed by atoms with Crippen molar-refractivity contribution in [1.29, 1.82) is 0 Å². The van der Waals surface area contributed by atoms with Crippen LogP contribution in [0.25, 0.3) is 0 Å². The highest BCUT2D eigenvalue weighted by molar-refractivity contribution is 6.31. The summed E-state index contributed by atoms with van der Waals surface area (Å²) >= 11 is 12.0. The Hall–Kier alpha value is -2.67. The molecule has 3 aromatic rings. The summed E-state index contributed by atoms with van der Waals surface area (Å²) in [7, 11) is 0. The van der Waals surface area contributed by atoms with Crippen molar-refractivity contribution in [3.8, 4) is 0 Å². The first-order chi connectivity index (χ1) is 15.0. The lowest BCUT2D eigenvalue weighted by molar-refractivity contribution is -0.00677. The fourth-order valence-corrected chi connectivity index (χ4v) is 4.03. The third-order valence-electron chi connectivity index (χ3n) is 5.30. The van der Waals surface area contributed by atoms with Crippen LogP contribution in [0.1, 0.15) is 40.6 Å². The SMILES string of the molecule is NC(=O)c1cc(Cl)cnc1N1CCC(OC(c2ccc(Cl)cc2)c2ccccn2)CC1. The number of hydrogen-bond acceptors (Lipinski definition) is 5. The van der Waals surface area contributed by atoms with E-state index in [1.807, 2.05) is 47.4 Å². The minimum Gasteiger partial charge on any atom is -0.365 e. The Morgan fingerprint density at radius 1 is 1.06 bits per heavy atom. The lowest BCUT2D eigenvalue weighted by Gasteiger charge is -2.35. The highest BCUT2D eigenvalue weighted by Gasteiger charge is 2.27. The molecule has 1 aliphatic heterocycles. The first-order valence-electron chi connectivity index (χ1n) is 10.0. The third kappa shape index (κ3) is 5.15. The van der Waals surface area contributed by atoms with Crippen LogP contribution >= 0.6 is 23.2 Å². The number of benzene rings is 1. The molecular weight excluding hydrogens is 435 g/mol. The predicted molar refractivity (Wildman–Crippen MR) is 122 cm³/mol. The van der Waals surface area contributed by atoms with Crippen molar-refractivity contribution < 1.29 is 9.53 Å². The lowest BCUT2D eigenvalue weighted by atomic mass is 10.0. The number of ether oxygens (including phenoxy) is 1. The van der Waals surface area contributed by atoms with Gasteiger partial charge in [0, 0.05) is 30.5 Å². The number of carbonyl (C=O) groups excluding carboxylic acids is 1. The highest BCUT2D eigenvalue weighted by Crippen LogP contribution is 2.31. The molecule has 0 saturated carbocycles. The first-order valence-corrected chi connectivity index (χ1v) is 10.8. The number of carbonyl (C=O) groups is 1. The van der Waals surface area contributed by atoms with Gasteiger partial charge in [0.15, 0.2) is 0 Å². The Balaban J connectivity index is 1.49. The van der Waals surface area contributed by atoms with Crippen molar-refractivity contribution in [3.63, 3.8) is 0 Å². The maximum absolute atomic E-state index is 11.8. The summed E-state index contributed by atoms with van der Waals surface area (Å²) in [6.07, 6.45) is 4.60. The van der Waals surface area contributed by atoms with E-state index in [0.717, 1.165) is 24.1 Å². The molecule has 3 heterocycles. The van der Waals surface area contributed by atoms with Crippen molar-refractivity contribution in [3.05, 3.63) is 87.8 Å². The van der Waals surface area contributed by atoms with E-state index in [2.05, 4.69) is 9.97 Å². The Kier molecular flexibility index (Phi) is 6.70. The second kappa shape index (κ2) is 9.64. The summed E-state index contributed by atoms with van der Waals surface area (Å²) in [5.74, 6) is 0.0238. The van der Waals surface area contributed by atoms with E-state index in [9.17, 15) is 4.79 Å². The van der Waals surface area contributed by atoms with Gasteiger partial charge in [0.25, 0.3) is 5.91 Å². The molecule has 0 spiro atoms. The smallest absolute Gasteiger partial charge is 0.252 e. The van der Waals surface area contributed by atoms with E-state index >= 15 is 0 Å². The fourth-order valence-electron chi connectivity index (χ4n) is 3.75. The van der Waals surface area contributed by atoms with E-state index in [1.54, 1.807) is 12.3 Å². The van der Waals surface area contributed by atoms with Gasteiger partial charge in [-0.3, -0.25) is 9.78 Å². The predicted octanol–water partition coefficient (Wildman–Crippen LogP) is 4.66. The van der Waals surface area contributed by atoms with Crippen LogP contribution in [0.2, 0.25) is 10.0 Å². The van der Waals surface area contributed by atoms with E-state index in [1.165, 1.54) is 6.20 Å². The number of nitrogens with zero attached hydrogens (tertiary/aromatic N) is 3. The molecule has 1 aromatic carbocycles. The molecule has 160 valence electrons. The van der Waals surface area contributed by atoms with E-state index in [4.69, 9.17) is 33.7 Å². The number of piperidine rings is 1. The van der Waals surface area contributed by atoms with Crippen LogP contribution in [0.3, 0.4) is 0 Å². The summed E-state index contributed by atoms with van der Waals surface area (Å²) in [5.41, 5.74) is 7.70. The molecule has 4 rings (SSSR count). The lowest BCUT2D eigenvalue weighted by Crippen LogP contribution is -2.39. The van der Waals surface area contributed by atoms with Gasteiger partial charge in [-0.25, -0.2) is 4.98 Å². The zero-order valence-electron chi connectivity index (χ0n) is 16.7. The van der Waals surface area contributed by atoms with Crippen LogP contribution < -0.4 is 10.6 Å². The molecule has 2 N–H and O–H groups in total. The van der Waals surface area contributed by atoms with Gasteiger partial charge in [0.05, 0.1) is 22.4 Å². The molecule has 0 radical (unpaired) electrons. The van der Waals surface area contributed by atoms with Crippen LogP contribution in [0.4, 0.5) is 5.82 Å². The number of aromatic nitrogens is 2. The number of amides is 1. The molecule has 2 aromatic heterocycles. The van der Waals surface area contributed by atoms with Gasteiger partial charge in [-0.05, 0) is 48.7 Å². The van der Waals surface area contributed by atoms with Crippen molar-refractivity contribution >= 4 is 34.9 Å².